The normalized spacial score (nSPS) is 24.4. The number of nitrogen functional groups attached to an aromatic ring is 1. The van der Waals surface area contributed by atoms with Crippen LogP contribution < -0.4 is 43.2 Å². The molecule has 0 unspecified atom stereocenters. The first-order valence-corrected chi connectivity index (χ1v) is 44.0. The van der Waals surface area contributed by atoms with E-state index >= 15 is 0 Å². The van der Waals surface area contributed by atoms with Crippen LogP contribution in [0, 0.1) is 28.6 Å². The number of aliphatic hydroxyl groups is 10. The van der Waals surface area contributed by atoms with Gasteiger partial charge in [-0.2, -0.15) is 4.98 Å². The molecule has 2 aromatic heterocycles. The van der Waals surface area contributed by atoms with E-state index in [1.807, 2.05) is 19.9 Å². The molecule has 2 saturated heterocycles. The predicted octanol–water partition coefficient (Wildman–Crippen LogP) is -3.16. The zero-order valence-corrected chi connectivity index (χ0v) is 72.6. The number of hydrogen-bond acceptors (Lipinski definition) is 39. The molecule has 2 bridgehead atoms. The molecular weight excluding hydrogens is 1750 g/mol. The number of fused-ring (bicyclic) bond motifs is 1. The largest absolute Gasteiger partial charge is 0.509 e. The zero-order valence-electron chi connectivity index (χ0n) is 70.9. The third-order valence-corrected chi connectivity index (χ3v) is 25.7. The minimum absolute atomic E-state index is 0.00927. The number of benzene rings is 1. The van der Waals surface area contributed by atoms with E-state index in [1.165, 1.54) is 48.7 Å². The van der Waals surface area contributed by atoms with Crippen molar-refractivity contribution in [3.8, 4) is 0 Å². The maximum absolute atomic E-state index is 14.8. The monoisotopic (exact) mass is 1860 g/mol. The number of aliphatic hydroxyl groups excluding tert-OH is 10. The highest BCUT2D eigenvalue weighted by Gasteiger charge is 2.83. The molecule has 45 nitrogen and oxygen atoms in total. The Bertz CT molecular complexity index is 4650. The maximum Gasteiger partial charge on any atom is 0.509 e. The minimum Gasteiger partial charge on any atom is -0.481 e. The van der Waals surface area contributed by atoms with Gasteiger partial charge >= 0.3 is 36.0 Å². The number of epoxide rings is 1. The number of hydrogen-bond donors (Lipinski definition) is 20. The molecule has 5 amide bonds. The summed E-state index contributed by atoms with van der Waals surface area (Å²) in [6.07, 6.45) is -19.0. The van der Waals surface area contributed by atoms with Crippen molar-refractivity contribution < 1.29 is 162 Å². The molecule has 21 atom stereocenters. The van der Waals surface area contributed by atoms with Crippen LogP contribution in [0.1, 0.15) is 134 Å². The predicted molar refractivity (Wildman–Crippen MR) is 449 cm³/mol. The average Bonchev–Trinajstić information content (AvgIpc) is 1.48. The van der Waals surface area contributed by atoms with Gasteiger partial charge in [-0.25, -0.2) is 33.9 Å². The maximum atomic E-state index is 14.8. The smallest absolute Gasteiger partial charge is 0.481 e. The Morgan fingerprint density at radius 2 is 1.30 bits per heavy atom. The van der Waals surface area contributed by atoms with E-state index in [1.54, 1.807) is 6.92 Å². The van der Waals surface area contributed by atoms with Gasteiger partial charge in [0.2, 0.25) is 35.7 Å². The van der Waals surface area contributed by atoms with Gasteiger partial charge in [0.15, 0.2) is 22.7 Å². The Kier molecular flexibility index (Phi) is 38.9. The number of carbonyl (C=O) groups is 14. The lowest BCUT2D eigenvalue weighted by Crippen LogP contribution is -2.67. The van der Waals surface area contributed by atoms with Crippen LogP contribution in [0.5, 0.6) is 0 Å². The van der Waals surface area contributed by atoms with E-state index < -0.39 is 305 Å². The van der Waals surface area contributed by atoms with Crippen molar-refractivity contribution in [1.29, 1.82) is 0 Å². The number of Topliss-reactive ketones (excluding diaryl/α,β-unsaturated/α-hetero) is 3. The fraction of sp³-hybridized carbons (Fsp3) is 0.610. The Morgan fingerprint density at radius 3 is 1.90 bits per heavy atom. The number of carboxylic acid groups (broad SMARTS) is 2. The van der Waals surface area contributed by atoms with Crippen LogP contribution in [0.3, 0.4) is 0 Å². The van der Waals surface area contributed by atoms with E-state index in [-0.39, 0.29) is 80.0 Å². The topological polar surface area (TPSA) is 719 Å². The average molecular weight is 1860 g/mol. The number of nitrogens with one attached hydrogen (secondary N) is 7. The van der Waals surface area contributed by atoms with Gasteiger partial charge in [0, 0.05) is 116 Å². The van der Waals surface area contributed by atoms with Crippen LogP contribution in [-0.4, -0.2) is 325 Å². The van der Waals surface area contributed by atoms with E-state index in [0.717, 1.165) is 40.2 Å². The van der Waals surface area contributed by atoms with Crippen molar-refractivity contribution in [3.63, 3.8) is 0 Å². The van der Waals surface area contributed by atoms with Gasteiger partial charge in [0.25, 0.3) is 11.5 Å². The molecule has 5 aliphatic rings. The molecule has 2 spiro atoms. The van der Waals surface area contributed by atoms with E-state index in [2.05, 4.69) is 51.8 Å². The number of carboxylic acids is 2. The highest BCUT2D eigenvalue weighted by atomic mass is 33.1. The standard InChI is InChI=1S/C82H111N11O34S2/c1-40-21-23-81-38-123-77(119)70(41(2)22-24-121-63(107)7-5-6-8-64(108)126-57-30-59(125-58(81)27-40)82(39-124-82)80(57,81)4)127-79(120)122-25-26-128-129-37-51(42(3)96)91-74(115)45(12-19-61(104)86-34-54(100)67(110)69(112)56(102)36-95)29-52(98)49(17-20-62(105)106)89-73(114)44(11-18-60(103)85-33-53(99)66(109)68(111)55(101)35-94)28-48(97)15-16-50(76(117)118)90-72(113)43-9-13-46(14-10-43)84-31-47-32-87-71-65(88-47)75(116)93-78(83)92-71/h5-10,13-14,27,32,41,44-45,49-51,53-59,66-70,84,94-95,99-102,109-112H,11-12,15-26,28-31,33-39H2,1-4H3,(H,85,103)(H,86,104)(H,89,114)(H,90,113)(H,91,115)(H,105,106)(H,117,118)(H3,83,87,92,93,116)/b7-5+,8-6-/t41-,44-,45-,49+,50+,51+,53+,54+,55-,56-,57-,58-,59-,66-,67-,68-,69-,70+,80-,81-,82+/m1/s1. The Morgan fingerprint density at radius 1 is 0.705 bits per heavy atom. The number of cyclic esters (lactones) is 2. The van der Waals surface area contributed by atoms with Gasteiger partial charge < -0.3 is 132 Å². The van der Waals surface area contributed by atoms with Crippen LogP contribution in [-0.2, 0) is 97.2 Å². The number of amides is 5. The van der Waals surface area contributed by atoms with Crippen molar-refractivity contribution in [2.24, 2.45) is 28.6 Å². The van der Waals surface area contributed by atoms with Gasteiger partial charge in [-0.05, 0) is 83.1 Å². The van der Waals surface area contributed by atoms with Crippen molar-refractivity contribution in [3.05, 3.63) is 88.0 Å². The number of ether oxygens (including phenoxy) is 7. The summed E-state index contributed by atoms with van der Waals surface area (Å²) in [4.78, 5) is 218. The molecule has 3 aromatic rings. The van der Waals surface area contributed by atoms with Gasteiger partial charge in [0.1, 0.15) is 73.4 Å². The molecule has 3 fully saturated rings. The molecule has 5 heterocycles. The molecule has 47 heteroatoms. The quantitative estimate of drug-likeness (QED) is 0.00663. The number of esters is 3. The van der Waals surface area contributed by atoms with Crippen molar-refractivity contribution in [2.45, 2.75) is 221 Å². The second-order valence-electron chi connectivity index (χ2n) is 32.3. The van der Waals surface area contributed by atoms with E-state index in [4.69, 9.17) is 38.9 Å². The van der Waals surface area contributed by atoms with Gasteiger partial charge in [-0.15, -0.1) is 0 Å². The summed E-state index contributed by atoms with van der Waals surface area (Å²) in [6.45, 7) is 2.23. The number of nitrogens with zero attached hydrogens (tertiary/aromatic N) is 3. The first kappa shape index (κ1) is 104. The van der Waals surface area contributed by atoms with Crippen LogP contribution >= 0.6 is 21.6 Å². The van der Waals surface area contributed by atoms with Crippen molar-refractivity contribution in [1.82, 2.24) is 46.5 Å². The molecule has 1 saturated carbocycles. The number of rotatable bonds is 47. The minimum atomic E-state index is -2.13. The number of H-pyrrole nitrogens is 1. The number of allylic oxidation sites excluding steroid dienone is 3. The highest BCUT2D eigenvalue weighted by molar-refractivity contribution is 8.76. The first-order chi connectivity index (χ1) is 61.1. The lowest BCUT2D eigenvalue weighted by atomic mass is 9.51. The molecular formula is C82H111N11O34S2. The molecule has 129 heavy (non-hydrogen) atoms. The Balaban J connectivity index is 0.933. The summed E-state index contributed by atoms with van der Waals surface area (Å²) in [6, 6.07) is 0.550. The van der Waals surface area contributed by atoms with E-state index in [9.17, 15) is 133 Å². The van der Waals surface area contributed by atoms with Gasteiger partial charge in [0.05, 0.1) is 86.8 Å². The second kappa shape index (κ2) is 48.4. The summed E-state index contributed by atoms with van der Waals surface area (Å²) >= 11 is 0. The molecule has 2 aliphatic carbocycles. The van der Waals surface area contributed by atoms with Gasteiger partial charge in [-0.1, -0.05) is 59.2 Å². The lowest BCUT2D eigenvalue weighted by Gasteiger charge is -2.58. The zero-order chi connectivity index (χ0) is 94.8. The number of nitrogens with two attached hydrogens (primary N) is 1. The van der Waals surface area contributed by atoms with Gasteiger partial charge in [-0.3, -0.25) is 52.9 Å². The number of aliphatic carboxylic acids is 2. The van der Waals surface area contributed by atoms with E-state index in [0.29, 0.717) is 24.2 Å². The van der Waals surface area contributed by atoms with Crippen molar-refractivity contribution >= 4 is 127 Å². The summed E-state index contributed by atoms with van der Waals surface area (Å²) in [5.41, 5.74) is 3.74. The Hall–Kier alpha value is -10.5. The SMILES string of the molecule is CC(=O)[C@H](CSSCCOC(=O)O[C@@H]1C(=O)OC[C@]23CCC(C)=C[C@H]2O[C@@H]2C[C@@H](OC(=O)/C=C\C=C\C(=O)OCC[C@H]1C)[C@@]3(C)[C@]21CO1)NC(=O)[C@H](CCC(=O)NC[C@H](O)[C@@H](O)[C@H](O)[C@H](O)CO)CC(=O)[C@H](CCC(=O)O)NC(=O)[C@H](CCC(=O)NC[C@H](O)[C@@H](O)[C@H](O)[C@H](O)CO)CC(=O)CC[C@H](NC(=O)c1ccc(NCc2cnc3nc(N)[nH]c(=O)c3n2)cc1)C(=O)O. The highest BCUT2D eigenvalue weighted by Crippen LogP contribution is 2.72. The number of aromatic amines is 1. The van der Waals surface area contributed by atoms with Crippen molar-refractivity contribution in [2.75, 3.05) is 75.3 Å². The second-order valence-corrected chi connectivity index (χ2v) is 35.0. The molecule has 3 aliphatic heterocycles. The molecule has 21 N–H and O–H groups in total. The molecule has 8 rings (SSSR count). The van der Waals surface area contributed by atoms with Crippen LogP contribution in [0.15, 0.2) is 71.2 Å². The first-order valence-electron chi connectivity index (χ1n) is 41.5. The summed E-state index contributed by atoms with van der Waals surface area (Å²) in [7, 11) is 1.99. The number of ketones is 3. The fourth-order valence-corrected chi connectivity index (χ4v) is 17.6. The Labute approximate surface area is 745 Å². The number of carbonyl (C=O) groups excluding carboxylic acids is 12. The summed E-state index contributed by atoms with van der Waals surface area (Å²) < 4.78 is 41.6. The van der Waals surface area contributed by atoms with Crippen LogP contribution in [0.4, 0.5) is 16.4 Å². The number of aromatic nitrogens is 4. The summed E-state index contributed by atoms with van der Waals surface area (Å²) in [5, 5.41) is 135. The van der Waals surface area contributed by atoms with Crippen LogP contribution in [0.25, 0.3) is 11.2 Å². The summed E-state index contributed by atoms with van der Waals surface area (Å²) in [5.74, 6) is -18.1. The molecule has 1 aromatic carbocycles. The third-order valence-electron chi connectivity index (χ3n) is 23.4. The molecule has 0 radical (unpaired) electrons. The third kappa shape index (κ3) is 28.5. The lowest BCUT2D eigenvalue weighted by molar-refractivity contribution is -0.234. The molecule has 710 valence electrons. The number of anilines is 2. The fourth-order valence-electron chi connectivity index (χ4n) is 15.5. The van der Waals surface area contributed by atoms with Crippen LogP contribution in [0.2, 0.25) is 0 Å².